The van der Waals surface area contributed by atoms with Gasteiger partial charge in [-0.25, -0.2) is 8.42 Å². The van der Waals surface area contributed by atoms with Gasteiger partial charge in [-0.05, 0) is 24.0 Å². The fourth-order valence-electron chi connectivity index (χ4n) is 5.06. The van der Waals surface area contributed by atoms with Gasteiger partial charge < -0.3 is 4.90 Å². The van der Waals surface area contributed by atoms with Crippen molar-refractivity contribution in [3.05, 3.63) is 77.5 Å². The van der Waals surface area contributed by atoms with Crippen LogP contribution < -0.4 is 0 Å². The number of amides is 1. The van der Waals surface area contributed by atoms with Crippen molar-refractivity contribution in [1.82, 2.24) is 19.6 Å². The molecule has 0 N–H and O–H groups in total. The van der Waals surface area contributed by atoms with E-state index in [1.807, 2.05) is 46.1 Å². The third-order valence-electron chi connectivity index (χ3n) is 7.14. The summed E-state index contributed by atoms with van der Waals surface area (Å²) < 4.78 is 25.6. The van der Waals surface area contributed by atoms with Gasteiger partial charge in [-0.2, -0.15) is 5.10 Å². The third-order valence-corrected chi connectivity index (χ3v) is 8.89. The number of benzene rings is 2. The SMILES string of the molecule is CCc1ccc(-c2nn(Cc3ccccc3)cc2C(=O)N2CCN(C3CCS(=O)(=O)C3)CC2)cc1. The third kappa shape index (κ3) is 5.33. The number of aromatic nitrogens is 2. The van der Waals surface area contributed by atoms with Crippen LogP contribution in [0.25, 0.3) is 11.3 Å². The molecule has 1 amide bonds. The average molecular weight is 493 g/mol. The molecule has 7 nitrogen and oxygen atoms in total. The number of aryl methyl sites for hydroxylation is 1. The van der Waals surface area contributed by atoms with E-state index in [-0.39, 0.29) is 23.5 Å². The van der Waals surface area contributed by atoms with Crippen molar-refractivity contribution < 1.29 is 13.2 Å². The lowest BCUT2D eigenvalue weighted by Gasteiger charge is -2.37. The van der Waals surface area contributed by atoms with Crippen LogP contribution in [0.4, 0.5) is 0 Å². The van der Waals surface area contributed by atoms with Gasteiger partial charge in [-0.1, -0.05) is 61.5 Å². The number of piperazine rings is 1. The molecule has 1 unspecified atom stereocenters. The molecule has 3 aromatic rings. The maximum atomic E-state index is 13.7. The molecular weight excluding hydrogens is 460 g/mol. The zero-order valence-electron chi connectivity index (χ0n) is 20.1. The summed E-state index contributed by atoms with van der Waals surface area (Å²) in [6.07, 6.45) is 3.52. The maximum absolute atomic E-state index is 13.7. The first-order valence-electron chi connectivity index (χ1n) is 12.4. The Morgan fingerprint density at radius 1 is 0.971 bits per heavy atom. The van der Waals surface area contributed by atoms with Gasteiger partial charge in [0.25, 0.3) is 5.91 Å². The van der Waals surface area contributed by atoms with Gasteiger partial charge in [0.05, 0.1) is 23.6 Å². The van der Waals surface area contributed by atoms with Crippen LogP contribution in [-0.4, -0.2) is 77.6 Å². The van der Waals surface area contributed by atoms with Crippen LogP contribution in [0.3, 0.4) is 0 Å². The number of nitrogens with zero attached hydrogens (tertiary/aromatic N) is 4. The van der Waals surface area contributed by atoms with Crippen LogP contribution in [0.5, 0.6) is 0 Å². The minimum absolute atomic E-state index is 0.0161. The highest BCUT2D eigenvalue weighted by molar-refractivity contribution is 7.91. The predicted molar refractivity (Wildman–Crippen MR) is 137 cm³/mol. The van der Waals surface area contributed by atoms with Crippen molar-refractivity contribution in [3.8, 4) is 11.3 Å². The van der Waals surface area contributed by atoms with E-state index in [0.29, 0.717) is 50.4 Å². The molecule has 8 heteroatoms. The fraction of sp³-hybridized carbons (Fsp3) is 0.407. The largest absolute Gasteiger partial charge is 0.336 e. The zero-order chi connectivity index (χ0) is 24.4. The van der Waals surface area contributed by atoms with Crippen molar-refractivity contribution in [2.75, 3.05) is 37.7 Å². The molecule has 0 aliphatic carbocycles. The van der Waals surface area contributed by atoms with Gasteiger partial charge in [0.15, 0.2) is 9.84 Å². The van der Waals surface area contributed by atoms with Gasteiger partial charge in [-0.3, -0.25) is 14.4 Å². The summed E-state index contributed by atoms with van der Waals surface area (Å²) in [6, 6.07) is 18.5. The minimum Gasteiger partial charge on any atom is -0.336 e. The molecule has 2 aromatic carbocycles. The molecular formula is C27H32N4O3S. The van der Waals surface area contributed by atoms with E-state index < -0.39 is 9.84 Å². The summed E-state index contributed by atoms with van der Waals surface area (Å²) in [4.78, 5) is 17.8. The van der Waals surface area contributed by atoms with E-state index in [4.69, 9.17) is 5.10 Å². The monoisotopic (exact) mass is 492 g/mol. The lowest BCUT2D eigenvalue weighted by molar-refractivity contribution is 0.0588. The van der Waals surface area contributed by atoms with Crippen molar-refractivity contribution in [2.45, 2.75) is 32.4 Å². The Morgan fingerprint density at radius 2 is 1.69 bits per heavy atom. The summed E-state index contributed by atoms with van der Waals surface area (Å²) in [5.74, 6) is 0.500. The first-order chi connectivity index (χ1) is 16.9. The Hall–Kier alpha value is -2.97. The second kappa shape index (κ2) is 9.95. The fourth-order valence-corrected chi connectivity index (χ4v) is 6.83. The number of sulfone groups is 1. The van der Waals surface area contributed by atoms with Gasteiger partial charge in [-0.15, -0.1) is 0 Å². The molecule has 3 heterocycles. The molecule has 184 valence electrons. The Kier molecular flexibility index (Phi) is 6.75. The van der Waals surface area contributed by atoms with E-state index in [1.165, 1.54) is 5.56 Å². The topological polar surface area (TPSA) is 75.5 Å². The van der Waals surface area contributed by atoms with Crippen molar-refractivity contribution in [3.63, 3.8) is 0 Å². The normalized spacial score (nSPS) is 20.3. The van der Waals surface area contributed by atoms with E-state index in [2.05, 4.69) is 36.1 Å². The van der Waals surface area contributed by atoms with Gasteiger partial charge >= 0.3 is 0 Å². The summed E-state index contributed by atoms with van der Waals surface area (Å²) >= 11 is 0. The van der Waals surface area contributed by atoms with Gasteiger partial charge in [0.1, 0.15) is 5.69 Å². The van der Waals surface area contributed by atoms with Crippen LogP contribution in [-0.2, 0) is 22.8 Å². The molecule has 2 aliphatic rings. The first-order valence-corrected chi connectivity index (χ1v) is 14.2. The van der Waals surface area contributed by atoms with Crippen molar-refractivity contribution in [1.29, 1.82) is 0 Å². The van der Waals surface area contributed by atoms with Crippen LogP contribution in [0.1, 0.15) is 34.8 Å². The highest BCUT2D eigenvalue weighted by Crippen LogP contribution is 2.26. The Balaban J connectivity index is 1.36. The number of carbonyl (C=O) groups excluding carboxylic acids is 1. The van der Waals surface area contributed by atoms with E-state index in [0.717, 1.165) is 17.5 Å². The van der Waals surface area contributed by atoms with Crippen molar-refractivity contribution in [2.24, 2.45) is 0 Å². The quantitative estimate of drug-likeness (QED) is 0.529. The minimum atomic E-state index is -2.92. The molecule has 2 saturated heterocycles. The molecule has 2 aliphatic heterocycles. The molecule has 0 bridgehead atoms. The number of hydrogen-bond donors (Lipinski definition) is 0. The van der Waals surface area contributed by atoms with Gasteiger partial charge in [0, 0.05) is 44.0 Å². The molecule has 1 atom stereocenters. The Bertz CT molecular complexity index is 1280. The van der Waals surface area contributed by atoms with E-state index in [9.17, 15) is 13.2 Å². The van der Waals surface area contributed by atoms with Crippen LogP contribution in [0, 0.1) is 0 Å². The summed E-state index contributed by atoms with van der Waals surface area (Å²) in [7, 11) is -2.92. The van der Waals surface area contributed by atoms with Crippen molar-refractivity contribution >= 4 is 15.7 Å². The lowest BCUT2D eigenvalue weighted by Crippen LogP contribution is -2.52. The van der Waals surface area contributed by atoms with E-state index >= 15 is 0 Å². The van der Waals surface area contributed by atoms with Crippen LogP contribution in [0.15, 0.2) is 60.8 Å². The van der Waals surface area contributed by atoms with E-state index in [1.54, 1.807) is 0 Å². The number of rotatable bonds is 6. The summed E-state index contributed by atoms with van der Waals surface area (Å²) in [5, 5.41) is 4.83. The highest BCUT2D eigenvalue weighted by Gasteiger charge is 2.35. The summed E-state index contributed by atoms with van der Waals surface area (Å²) in [6.45, 7) is 5.30. The van der Waals surface area contributed by atoms with Gasteiger partial charge in [0.2, 0.25) is 0 Å². The number of hydrogen-bond acceptors (Lipinski definition) is 5. The maximum Gasteiger partial charge on any atom is 0.257 e. The average Bonchev–Trinajstić information content (AvgIpc) is 3.47. The molecule has 2 fully saturated rings. The first kappa shape index (κ1) is 23.8. The molecule has 0 saturated carbocycles. The standard InChI is InChI=1S/C27H32N4O3S/c1-2-21-8-10-23(11-9-21)26-25(19-31(28-26)18-22-6-4-3-5-7-22)27(32)30-15-13-29(14-16-30)24-12-17-35(33,34)20-24/h3-11,19,24H,2,12-18,20H2,1H3. The highest BCUT2D eigenvalue weighted by atomic mass is 32.2. The van der Waals surface area contributed by atoms with Crippen LogP contribution in [0.2, 0.25) is 0 Å². The summed E-state index contributed by atoms with van der Waals surface area (Å²) in [5.41, 5.74) is 4.63. The lowest BCUT2D eigenvalue weighted by atomic mass is 10.0. The Morgan fingerprint density at radius 3 is 2.31 bits per heavy atom. The molecule has 0 radical (unpaired) electrons. The zero-order valence-corrected chi connectivity index (χ0v) is 21.0. The van der Waals surface area contributed by atoms with Crippen LogP contribution >= 0.6 is 0 Å². The number of carbonyl (C=O) groups is 1. The smallest absolute Gasteiger partial charge is 0.257 e. The second-order valence-corrected chi connectivity index (χ2v) is 11.7. The second-order valence-electron chi connectivity index (χ2n) is 9.51. The predicted octanol–water partition coefficient (Wildman–Crippen LogP) is 3.11. The molecule has 35 heavy (non-hydrogen) atoms. The molecule has 0 spiro atoms. The molecule has 1 aromatic heterocycles. The molecule has 5 rings (SSSR count). The Labute approximate surface area is 207 Å².